The van der Waals surface area contributed by atoms with Gasteiger partial charge in [-0.2, -0.15) is 0 Å². The molecule has 42 heavy (non-hydrogen) atoms. The zero-order valence-corrected chi connectivity index (χ0v) is 23.8. The number of anilines is 1. The SMILES string of the molecule is CCOc1ccc(NC(=O)[C@H]2[C@H]3C(=O)N(CCCO)C(C(=O)NCn4nnc5ccccc54)C34CC[C@]2(CC)O4)cc1. The van der Waals surface area contributed by atoms with Crippen LogP contribution in [0.2, 0.25) is 0 Å². The van der Waals surface area contributed by atoms with E-state index in [1.54, 1.807) is 28.9 Å². The number of para-hydroxylation sites is 1. The quantitative estimate of drug-likeness (QED) is 0.314. The minimum atomic E-state index is -1.15. The van der Waals surface area contributed by atoms with Crippen LogP contribution in [0.3, 0.4) is 0 Å². The van der Waals surface area contributed by atoms with Crippen molar-refractivity contribution >= 4 is 34.4 Å². The lowest BCUT2D eigenvalue weighted by atomic mass is 9.65. The number of hydrogen-bond donors (Lipinski definition) is 3. The fourth-order valence-electron chi connectivity index (χ4n) is 7.20. The maximum Gasteiger partial charge on any atom is 0.247 e. The predicted molar refractivity (Wildman–Crippen MR) is 152 cm³/mol. The van der Waals surface area contributed by atoms with Gasteiger partial charge in [0, 0.05) is 18.8 Å². The molecule has 0 aliphatic carbocycles. The Bertz CT molecular complexity index is 1490. The summed E-state index contributed by atoms with van der Waals surface area (Å²) in [6.45, 7) is 4.48. The van der Waals surface area contributed by atoms with Crippen LogP contribution >= 0.6 is 0 Å². The van der Waals surface area contributed by atoms with Gasteiger partial charge in [0.1, 0.15) is 29.6 Å². The van der Waals surface area contributed by atoms with Gasteiger partial charge >= 0.3 is 0 Å². The van der Waals surface area contributed by atoms with E-state index in [4.69, 9.17) is 9.47 Å². The van der Waals surface area contributed by atoms with Gasteiger partial charge in [0.15, 0.2) is 0 Å². The zero-order valence-electron chi connectivity index (χ0n) is 23.8. The first kappa shape index (κ1) is 28.1. The number of nitrogens with zero attached hydrogens (tertiary/aromatic N) is 4. The number of amides is 3. The highest BCUT2D eigenvalue weighted by Crippen LogP contribution is 2.64. The summed E-state index contributed by atoms with van der Waals surface area (Å²) in [7, 11) is 0. The maximum absolute atomic E-state index is 14.1. The summed E-state index contributed by atoms with van der Waals surface area (Å²) in [6.07, 6.45) is 1.86. The first-order chi connectivity index (χ1) is 20.4. The third-order valence-electron chi connectivity index (χ3n) is 9.02. The molecule has 4 heterocycles. The van der Waals surface area contributed by atoms with E-state index >= 15 is 0 Å². The van der Waals surface area contributed by atoms with Crippen LogP contribution in [0, 0.1) is 11.8 Å². The van der Waals surface area contributed by atoms with E-state index < -0.39 is 29.1 Å². The first-order valence-electron chi connectivity index (χ1n) is 14.6. The zero-order chi connectivity index (χ0) is 29.5. The molecule has 3 aliphatic rings. The molecule has 3 saturated heterocycles. The summed E-state index contributed by atoms with van der Waals surface area (Å²) in [5, 5.41) is 23.8. The van der Waals surface area contributed by atoms with Crippen LogP contribution in [-0.4, -0.2) is 79.7 Å². The fraction of sp³-hybridized carbons (Fsp3) is 0.500. The molecule has 12 heteroatoms. The molecule has 3 aliphatic heterocycles. The number of carbonyl (C=O) groups is 3. The predicted octanol–water partition coefficient (Wildman–Crippen LogP) is 2.08. The van der Waals surface area contributed by atoms with Crippen LogP contribution in [0.4, 0.5) is 5.69 Å². The summed E-state index contributed by atoms with van der Waals surface area (Å²) in [5.74, 6) is -1.89. The van der Waals surface area contributed by atoms with Gasteiger partial charge in [-0.15, -0.1) is 5.10 Å². The first-order valence-corrected chi connectivity index (χ1v) is 14.6. The number of nitrogens with one attached hydrogen (secondary N) is 2. The van der Waals surface area contributed by atoms with E-state index in [1.807, 2.05) is 38.1 Å². The molecule has 3 fully saturated rings. The lowest BCUT2D eigenvalue weighted by Crippen LogP contribution is -2.55. The minimum Gasteiger partial charge on any atom is -0.494 e. The van der Waals surface area contributed by atoms with Crippen molar-refractivity contribution in [1.82, 2.24) is 25.2 Å². The van der Waals surface area contributed by atoms with Gasteiger partial charge in [0.25, 0.3) is 0 Å². The third-order valence-corrected chi connectivity index (χ3v) is 9.02. The highest BCUT2D eigenvalue weighted by molar-refractivity contribution is 6.02. The number of aliphatic hydroxyl groups excluding tert-OH is 1. The Labute approximate surface area is 243 Å². The van der Waals surface area contributed by atoms with E-state index in [2.05, 4.69) is 20.9 Å². The molecule has 2 bridgehead atoms. The van der Waals surface area contributed by atoms with Crippen LogP contribution in [0.25, 0.3) is 11.0 Å². The van der Waals surface area contributed by atoms with E-state index in [-0.39, 0.29) is 37.5 Å². The summed E-state index contributed by atoms with van der Waals surface area (Å²) in [5.41, 5.74) is 0.0399. The van der Waals surface area contributed by atoms with E-state index in [0.717, 1.165) is 5.52 Å². The molecule has 3 N–H and O–H groups in total. The number of fused-ring (bicyclic) bond motifs is 2. The molecular weight excluding hydrogens is 540 g/mol. The Morgan fingerprint density at radius 1 is 1.12 bits per heavy atom. The second-order valence-electron chi connectivity index (χ2n) is 11.2. The van der Waals surface area contributed by atoms with Gasteiger partial charge in [-0.1, -0.05) is 24.3 Å². The number of hydrogen-bond acceptors (Lipinski definition) is 8. The Hall–Kier alpha value is -4.03. The molecule has 12 nitrogen and oxygen atoms in total. The maximum atomic E-state index is 14.1. The summed E-state index contributed by atoms with van der Waals surface area (Å²) in [6, 6.07) is 13.6. The van der Waals surface area contributed by atoms with E-state index in [0.29, 0.717) is 49.2 Å². The number of carbonyl (C=O) groups excluding carboxylic acids is 3. The summed E-state index contributed by atoms with van der Waals surface area (Å²) < 4.78 is 13.9. The highest BCUT2D eigenvalue weighted by Gasteiger charge is 2.78. The minimum absolute atomic E-state index is 0.0548. The average Bonchev–Trinajstić information content (AvgIpc) is 3.73. The second-order valence-corrected chi connectivity index (χ2v) is 11.2. The number of rotatable bonds is 11. The van der Waals surface area contributed by atoms with E-state index in [1.165, 1.54) is 4.90 Å². The molecule has 222 valence electrons. The van der Waals surface area contributed by atoms with Crippen molar-refractivity contribution in [3.05, 3.63) is 48.5 Å². The van der Waals surface area contributed by atoms with Gasteiger partial charge < -0.3 is 30.1 Å². The second kappa shape index (κ2) is 11.0. The Morgan fingerprint density at radius 3 is 2.64 bits per heavy atom. The Morgan fingerprint density at radius 2 is 1.90 bits per heavy atom. The van der Waals surface area contributed by atoms with Gasteiger partial charge in [0.05, 0.1) is 29.6 Å². The molecule has 3 amide bonds. The number of aromatic nitrogens is 3. The largest absolute Gasteiger partial charge is 0.494 e. The van der Waals surface area contributed by atoms with Crippen molar-refractivity contribution in [2.75, 3.05) is 25.1 Å². The Balaban J connectivity index is 1.29. The standard InChI is InChI=1S/C30H36N6O6/c1-3-29-14-15-30(42-29)24(23(29)26(38)32-19-10-12-20(13-11-19)41-4-2)28(40)35(16-7-17-37)25(30)27(39)31-18-36-22-9-6-5-8-21(22)33-34-36/h5-6,8-13,23-25,37H,3-4,7,14-18H2,1-2H3,(H,31,39)(H,32,38)/t23-,24+,25?,29+,30?/m1/s1. The van der Waals surface area contributed by atoms with Crippen LogP contribution < -0.4 is 15.4 Å². The van der Waals surface area contributed by atoms with Gasteiger partial charge in [-0.3, -0.25) is 14.4 Å². The molecular formula is C30H36N6O6. The summed E-state index contributed by atoms with van der Waals surface area (Å²) in [4.78, 5) is 43.5. The molecule has 0 saturated carbocycles. The molecule has 3 aromatic rings. The number of benzene rings is 2. The topological polar surface area (TPSA) is 148 Å². The average molecular weight is 577 g/mol. The lowest BCUT2D eigenvalue weighted by molar-refractivity contribution is -0.146. The van der Waals surface area contributed by atoms with Gasteiger partial charge in [0.2, 0.25) is 17.7 Å². The molecule has 1 aromatic heterocycles. The van der Waals surface area contributed by atoms with Gasteiger partial charge in [-0.25, -0.2) is 4.68 Å². The molecule has 2 aromatic carbocycles. The normalized spacial score (nSPS) is 27.8. The molecule has 5 atom stereocenters. The van der Waals surface area contributed by atoms with Crippen molar-refractivity contribution in [1.29, 1.82) is 0 Å². The number of ether oxygens (including phenoxy) is 2. The van der Waals surface area contributed by atoms with Crippen molar-refractivity contribution in [2.24, 2.45) is 11.8 Å². The van der Waals surface area contributed by atoms with Crippen molar-refractivity contribution in [2.45, 2.75) is 63.4 Å². The van der Waals surface area contributed by atoms with Crippen LogP contribution in [-0.2, 0) is 25.8 Å². The molecule has 2 unspecified atom stereocenters. The smallest absolute Gasteiger partial charge is 0.247 e. The van der Waals surface area contributed by atoms with Crippen molar-refractivity contribution in [3.8, 4) is 5.75 Å². The lowest BCUT2D eigenvalue weighted by Gasteiger charge is -2.34. The highest BCUT2D eigenvalue weighted by atomic mass is 16.5. The molecule has 6 rings (SSSR count). The van der Waals surface area contributed by atoms with E-state index in [9.17, 15) is 19.5 Å². The van der Waals surface area contributed by atoms with Crippen LogP contribution in [0.15, 0.2) is 48.5 Å². The Kier molecular flexibility index (Phi) is 7.36. The molecule has 0 radical (unpaired) electrons. The monoisotopic (exact) mass is 576 g/mol. The van der Waals surface area contributed by atoms with Gasteiger partial charge in [-0.05, 0) is 69.0 Å². The summed E-state index contributed by atoms with van der Waals surface area (Å²) >= 11 is 0. The fourth-order valence-corrected chi connectivity index (χ4v) is 7.20. The third kappa shape index (κ3) is 4.40. The van der Waals surface area contributed by atoms with Crippen LogP contribution in [0.1, 0.15) is 39.5 Å². The molecule has 1 spiro atoms. The number of likely N-dealkylation sites (tertiary alicyclic amines) is 1. The van der Waals surface area contributed by atoms with Crippen molar-refractivity contribution in [3.63, 3.8) is 0 Å². The van der Waals surface area contributed by atoms with Crippen LogP contribution in [0.5, 0.6) is 5.75 Å². The number of aliphatic hydroxyl groups is 1. The van der Waals surface area contributed by atoms with Crippen molar-refractivity contribution < 1.29 is 29.0 Å².